The first-order valence-electron chi connectivity index (χ1n) is 12.2. The molecule has 1 fully saturated rings. The molecule has 3 aromatic rings. The number of fused-ring (bicyclic) bond motifs is 1. The highest BCUT2D eigenvalue weighted by molar-refractivity contribution is 7.89. The van der Waals surface area contributed by atoms with Crippen LogP contribution in [0.25, 0.3) is 10.2 Å². The van der Waals surface area contributed by atoms with Crippen LogP contribution in [0.5, 0.6) is 0 Å². The SMILES string of the molecule is CC(C)CN(CC(O)C(Cc1ccccc1)NC(=O)C1(C(N)=O)CC1)S(=O)(=O)c1ccc2ncsc2c1. The van der Waals surface area contributed by atoms with Gasteiger partial charge in [-0.05, 0) is 48.9 Å². The van der Waals surface area contributed by atoms with E-state index in [1.165, 1.54) is 21.7 Å². The summed E-state index contributed by atoms with van der Waals surface area (Å²) in [6.45, 7) is 3.74. The van der Waals surface area contributed by atoms with Crippen molar-refractivity contribution in [3.63, 3.8) is 0 Å². The molecular weight excluding hydrogens is 512 g/mol. The summed E-state index contributed by atoms with van der Waals surface area (Å²) in [5, 5.41) is 14.1. The maximum atomic E-state index is 13.7. The van der Waals surface area contributed by atoms with E-state index in [4.69, 9.17) is 5.73 Å². The third-order valence-electron chi connectivity index (χ3n) is 6.64. The second-order valence-corrected chi connectivity index (χ2v) is 12.8. The van der Waals surface area contributed by atoms with Gasteiger partial charge in [0.15, 0.2) is 0 Å². The fraction of sp³-hybridized carbons (Fsp3) is 0.423. The number of nitrogens with two attached hydrogens (primary N) is 1. The van der Waals surface area contributed by atoms with Crippen LogP contribution in [0.1, 0.15) is 32.3 Å². The summed E-state index contributed by atoms with van der Waals surface area (Å²) in [6.07, 6.45) is -0.272. The molecule has 1 aromatic heterocycles. The van der Waals surface area contributed by atoms with Crippen molar-refractivity contribution in [3.8, 4) is 0 Å². The summed E-state index contributed by atoms with van der Waals surface area (Å²) < 4.78 is 29.4. The van der Waals surface area contributed by atoms with Gasteiger partial charge in [0.05, 0.1) is 32.8 Å². The normalized spacial score (nSPS) is 16.6. The zero-order valence-corrected chi connectivity index (χ0v) is 22.5. The number of thiazole rings is 1. The highest BCUT2D eigenvalue weighted by Crippen LogP contribution is 2.45. The number of nitrogens with one attached hydrogen (secondary N) is 1. The van der Waals surface area contributed by atoms with Crippen molar-refractivity contribution >= 4 is 43.4 Å². The lowest BCUT2D eigenvalue weighted by molar-refractivity contribution is -0.136. The lowest BCUT2D eigenvalue weighted by Gasteiger charge is -2.31. The number of primary amides is 1. The van der Waals surface area contributed by atoms with Crippen LogP contribution in [0.15, 0.2) is 58.9 Å². The number of nitrogens with zero attached hydrogens (tertiary/aromatic N) is 2. The molecule has 198 valence electrons. The van der Waals surface area contributed by atoms with Gasteiger partial charge in [-0.25, -0.2) is 13.4 Å². The van der Waals surface area contributed by atoms with E-state index in [9.17, 15) is 23.1 Å². The number of hydrogen-bond donors (Lipinski definition) is 3. The Morgan fingerprint density at radius 2 is 1.86 bits per heavy atom. The number of hydrogen-bond acceptors (Lipinski definition) is 7. The fourth-order valence-corrected chi connectivity index (χ4v) is 6.77. The van der Waals surface area contributed by atoms with Crippen LogP contribution >= 0.6 is 11.3 Å². The second-order valence-electron chi connectivity index (χ2n) is 9.98. The average molecular weight is 545 g/mol. The van der Waals surface area contributed by atoms with Gasteiger partial charge in [-0.15, -0.1) is 11.3 Å². The largest absolute Gasteiger partial charge is 0.390 e. The second kappa shape index (κ2) is 10.9. The average Bonchev–Trinajstić information content (AvgIpc) is 3.55. The first kappa shape index (κ1) is 27.2. The van der Waals surface area contributed by atoms with E-state index >= 15 is 0 Å². The molecule has 0 spiro atoms. The Kier molecular flexibility index (Phi) is 7.98. The number of sulfonamides is 1. The zero-order chi connectivity index (χ0) is 26.8. The quantitative estimate of drug-likeness (QED) is 0.299. The van der Waals surface area contributed by atoms with Crippen LogP contribution in [0, 0.1) is 11.3 Å². The summed E-state index contributed by atoms with van der Waals surface area (Å²) in [5.74, 6) is -1.24. The maximum absolute atomic E-state index is 13.7. The Labute approximate surface area is 220 Å². The van der Waals surface area contributed by atoms with E-state index in [-0.39, 0.29) is 30.3 Å². The number of benzene rings is 2. The van der Waals surface area contributed by atoms with E-state index in [1.54, 1.807) is 17.6 Å². The number of amides is 2. The smallest absolute Gasteiger partial charge is 0.243 e. The molecule has 4 N–H and O–H groups in total. The van der Waals surface area contributed by atoms with E-state index in [2.05, 4.69) is 10.3 Å². The Morgan fingerprint density at radius 3 is 2.49 bits per heavy atom. The molecule has 0 saturated heterocycles. The summed E-state index contributed by atoms with van der Waals surface area (Å²) >= 11 is 1.35. The van der Waals surface area contributed by atoms with Crippen molar-refractivity contribution in [3.05, 3.63) is 59.6 Å². The fourth-order valence-electron chi connectivity index (χ4n) is 4.33. The molecule has 9 nitrogen and oxygen atoms in total. The molecule has 0 radical (unpaired) electrons. The first-order chi connectivity index (χ1) is 17.5. The minimum absolute atomic E-state index is 0.0131. The molecule has 1 saturated carbocycles. The van der Waals surface area contributed by atoms with Crippen LogP contribution in [0.3, 0.4) is 0 Å². The van der Waals surface area contributed by atoms with Gasteiger partial charge in [0.2, 0.25) is 21.8 Å². The Balaban J connectivity index is 1.60. The molecule has 1 aliphatic rings. The molecular formula is C26H32N4O5S2. The van der Waals surface area contributed by atoms with Crippen molar-refractivity contribution in [1.29, 1.82) is 0 Å². The number of carbonyl (C=O) groups is 2. The van der Waals surface area contributed by atoms with Crippen LogP contribution < -0.4 is 11.1 Å². The van der Waals surface area contributed by atoms with Gasteiger partial charge in [-0.2, -0.15) is 4.31 Å². The molecule has 0 bridgehead atoms. The van der Waals surface area contributed by atoms with Gasteiger partial charge >= 0.3 is 0 Å². The third kappa shape index (κ3) is 6.01. The minimum Gasteiger partial charge on any atom is -0.390 e. The lowest BCUT2D eigenvalue weighted by Crippen LogP contribution is -2.53. The highest BCUT2D eigenvalue weighted by Gasteiger charge is 2.56. The van der Waals surface area contributed by atoms with Crippen molar-refractivity contribution in [2.24, 2.45) is 17.1 Å². The molecule has 2 atom stereocenters. The molecule has 1 aliphatic carbocycles. The maximum Gasteiger partial charge on any atom is 0.243 e. The van der Waals surface area contributed by atoms with Gasteiger partial charge < -0.3 is 16.2 Å². The Morgan fingerprint density at radius 1 is 1.16 bits per heavy atom. The van der Waals surface area contributed by atoms with Crippen molar-refractivity contribution in [1.82, 2.24) is 14.6 Å². The third-order valence-corrected chi connectivity index (χ3v) is 9.26. The van der Waals surface area contributed by atoms with Gasteiger partial charge in [-0.1, -0.05) is 44.2 Å². The lowest BCUT2D eigenvalue weighted by atomic mass is 9.98. The summed E-state index contributed by atoms with van der Waals surface area (Å²) in [7, 11) is -3.96. The Bertz CT molecular complexity index is 1370. The van der Waals surface area contributed by atoms with Crippen molar-refractivity contribution in [2.45, 2.75) is 50.2 Å². The molecule has 0 aliphatic heterocycles. The molecule has 4 rings (SSSR count). The van der Waals surface area contributed by atoms with Gasteiger partial charge in [0.25, 0.3) is 0 Å². The molecule has 1 heterocycles. The molecule has 37 heavy (non-hydrogen) atoms. The van der Waals surface area contributed by atoms with E-state index in [0.29, 0.717) is 18.4 Å². The topological polar surface area (TPSA) is 143 Å². The number of aliphatic hydroxyl groups excluding tert-OH is 1. The standard InChI is InChI=1S/C26H32N4O5S2/c1-17(2)14-30(37(34,35)19-8-9-20-23(13-19)36-16-28-20)15-22(31)21(12-18-6-4-3-5-7-18)29-25(33)26(10-11-26)24(27)32/h3-9,13,16-17,21-22,31H,10-12,14-15H2,1-2H3,(H2,27,32)(H,29,33). The van der Waals surface area contributed by atoms with Crippen LogP contribution in [0.4, 0.5) is 0 Å². The van der Waals surface area contributed by atoms with Crippen molar-refractivity contribution in [2.75, 3.05) is 13.1 Å². The molecule has 11 heteroatoms. The first-order valence-corrected chi connectivity index (χ1v) is 14.5. The van der Waals surface area contributed by atoms with Crippen LogP contribution in [0.2, 0.25) is 0 Å². The van der Waals surface area contributed by atoms with E-state index in [0.717, 1.165) is 10.3 Å². The van der Waals surface area contributed by atoms with Gasteiger partial charge in [-0.3, -0.25) is 9.59 Å². The van der Waals surface area contributed by atoms with Crippen molar-refractivity contribution < 1.29 is 23.1 Å². The summed E-state index contributed by atoms with van der Waals surface area (Å²) in [5.41, 5.74) is 7.44. The van der Waals surface area contributed by atoms with Gasteiger partial charge in [0.1, 0.15) is 5.41 Å². The van der Waals surface area contributed by atoms with E-state index in [1.807, 2.05) is 44.2 Å². The number of rotatable bonds is 12. The zero-order valence-electron chi connectivity index (χ0n) is 20.8. The summed E-state index contributed by atoms with van der Waals surface area (Å²) in [4.78, 5) is 29.2. The monoisotopic (exact) mass is 544 g/mol. The summed E-state index contributed by atoms with van der Waals surface area (Å²) in [6, 6.07) is 13.2. The minimum atomic E-state index is -3.96. The molecule has 2 aromatic carbocycles. The van der Waals surface area contributed by atoms with Gasteiger partial charge in [0, 0.05) is 13.1 Å². The predicted molar refractivity (Wildman–Crippen MR) is 142 cm³/mol. The molecule has 2 amide bonds. The Hall–Kier alpha value is -2.86. The number of carbonyl (C=O) groups excluding carboxylic acids is 2. The number of aromatic nitrogens is 1. The van der Waals surface area contributed by atoms with Crippen LogP contribution in [-0.2, 0) is 26.0 Å². The van der Waals surface area contributed by atoms with E-state index < -0.39 is 39.4 Å². The highest BCUT2D eigenvalue weighted by atomic mass is 32.2. The van der Waals surface area contributed by atoms with Crippen LogP contribution in [-0.4, -0.2) is 59.9 Å². The predicted octanol–water partition coefficient (Wildman–Crippen LogP) is 2.30. The molecule has 2 unspecified atom stereocenters. The number of aliphatic hydroxyl groups is 1.